The number of quaternary nitrogens is 1. The summed E-state index contributed by atoms with van der Waals surface area (Å²) in [5.41, 5.74) is 0.910. The Balaban J connectivity index is 1.90. The van der Waals surface area contributed by atoms with Gasteiger partial charge in [-0.1, -0.05) is 23.2 Å². The lowest BCUT2D eigenvalue weighted by Crippen LogP contribution is -2.50. The lowest BCUT2D eigenvalue weighted by atomic mass is 10.2. The van der Waals surface area contributed by atoms with Crippen molar-refractivity contribution in [3.05, 3.63) is 22.2 Å². The molecule has 1 aromatic carbocycles. The Labute approximate surface area is 162 Å². The molecule has 0 bridgehead atoms. The number of hydrogen-bond acceptors (Lipinski definition) is 2. The number of hydrogen-bond donors (Lipinski definition) is 1. The van der Waals surface area contributed by atoms with Crippen LogP contribution in [0.15, 0.2) is 12.1 Å². The Bertz CT molecular complexity index is 567. The average molecular weight is 384 g/mol. The minimum absolute atomic E-state index is 0.547. The van der Waals surface area contributed by atoms with E-state index >= 15 is 0 Å². The van der Waals surface area contributed by atoms with Crippen LogP contribution in [0, 0.1) is 12.3 Å². The van der Waals surface area contributed by atoms with Crippen LogP contribution in [0.1, 0.15) is 39.0 Å². The van der Waals surface area contributed by atoms with Gasteiger partial charge in [-0.3, -0.25) is 0 Å². The van der Waals surface area contributed by atoms with Crippen molar-refractivity contribution >= 4 is 28.9 Å². The fraction of sp³-hybridized carbons (Fsp3) is 0.600. The zero-order valence-electron chi connectivity index (χ0n) is 15.1. The van der Waals surface area contributed by atoms with E-state index in [1.165, 1.54) is 38.8 Å². The number of terminal acetylenes is 1. The molecule has 1 aliphatic rings. The van der Waals surface area contributed by atoms with E-state index in [2.05, 4.69) is 11.2 Å². The molecular formula is C20H29Cl2N2O+. The summed E-state index contributed by atoms with van der Waals surface area (Å²) in [7, 11) is 0. The van der Waals surface area contributed by atoms with Crippen LogP contribution in [0.5, 0.6) is 5.75 Å². The number of likely N-dealkylation sites (tertiary alicyclic amines) is 1. The van der Waals surface area contributed by atoms with E-state index in [0.717, 1.165) is 36.2 Å². The maximum atomic E-state index is 6.32. The fourth-order valence-electron chi connectivity index (χ4n) is 3.59. The van der Waals surface area contributed by atoms with Gasteiger partial charge in [0.15, 0.2) is 5.75 Å². The number of ether oxygens (including phenoxy) is 1. The van der Waals surface area contributed by atoms with E-state index in [0.29, 0.717) is 22.4 Å². The van der Waals surface area contributed by atoms with E-state index in [1.54, 1.807) is 0 Å². The molecule has 0 unspecified atom stereocenters. The first kappa shape index (κ1) is 20.2. The third kappa shape index (κ3) is 5.99. The summed E-state index contributed by atoms with van der Waals surface area (Å²) in [6.45, 7) is 7.69. The zero-order valence-corrected chi connectivity index (χ0v) is 16.6. The molecule has 1 heterocycles. The van der Waals surface area contributed by atoms with Crippen molar-refractivity contribution < 1.29 is 9.22 Å². The number of halogens is 2. The van der Waals surface area contributed by atoms with Crippen LogP contribution >= 0.6 is 23.2 Å². The van der Waals surface area contributed by atoms with E-state index in [9.17, 15) is 0 Å². The largest absolute Gasteiger partial charge is 0.490 e. The van der Waals surface area contributed by atoms with Gasteiger partial charge in [0.2, 0.25) is 0 Å². The van der Waals surface area contributed by atoms with Gasteiger partial charge in [0.1, 0.15) is 6.54 Å². The van der Waals surface area contributed by atoms with Crippen LogP contribution in [-0.2, 0) is 0 Å². The minimum Gasteiger partial charge on any atom is -0.490 e. The second-order valence-electron chi connectivity index (χ2n) is 6.79. The van der Waals surface area contributed by atoms with E-state index in [4.69, 9.17) is 34.4 Å². The van der Waals surface area contributed by atoms with Gasteiger partial charge >= 0.3 is 0 Å². The Morgan fingerprint density at radius 2 is 1.80 bits per heavy atom. The number of benzene rings is 1. The first-order valence-corrected chi connectivity index (χ1v) is 10.00. The van der Waals surface area contributed by atoms with Crippen molar-refractivity contribution in [1.82, 2.24) is 0 Å². The van der Waals surface area contributed by atoms with Crippen LogP contribution in [0.2, 0.25) is 10.0 Å². The zero-order chi connectivity index (χ0) is 18.1. The quantitative estimate of drug-likeness (QED) is 0.377. The van der Waals surface area contributed by atoms with Gasteiger partial charge in [0.25, 0.3) is 0 Å². The highest BCUT2D eigenvalue weighted by Gasteiger charge is 2.27. The number of nitrogens with zero attached hydrogens (tertiary/aromatic N) is 1. The monoisotopic (exact) mass is 383 g/mol. The fourth-order valence-corrected chi connectivity index (χ4v) is 4.19. The molecule has 1 aliphatic heterocycles. The molecule has 0 spiro atoms. The summed E-state index contributed by atoms with van der Waals surface area (Å²) in [4.78, 5) is 0. The van der Waals surface area contributed by atoms with Crippen molar-refractivity contribution in [2.45, 2.75) is 39.0 Å². The van der Waals surface area contributed by atoms with Gasteiger partial charge in [-0.25, -0.2) is 0 Å². The van der Waals surface area contributed by atoms with Gasteiger partial charge in [-0.15, -0.1) is 6.42 Å². The van der Waals surface area contributed by atoms with Crippen LogP contribution in [-0.4, -0.2) is 43.8 Å². The van der Waals surface area contributed by atoms with Crippen LogP contribution in [0.3, 0.4) is 0 Å². The molecule has 1 N–H and O–H groups in total. The molecule has 1 saturated heterocycles. The average Bonchev–Trinajstić information content (AvgIpc) is 2.80. The predicted molar refractivity (Wildman–Crippen MR) is 108 cm³/mol. The molecule has 25 heavy (non-hydrogen) atoms. The Kier molecular flexibility index (Phi) is 8.22. The number of rotatable bonds is 8. The van der Waals surface area contributed by atoms with Gasteiger partial charge in [-0.05, 0) is 50.7 Å². The number of nitrogens with one attached hydrogen (secondary N) is 1. The molecule has 0 radical (unpaired) electrons. The van der Waals surface area contributed by atoms with Crippen LogP contribution < -0.4 is 10.1 Å². The van der Waals surface area contributed by atoms with Gasteiger partial charge in [-0.2, -0.15) is 0 Å². The summed E-state index contributed by atoms with van der Waals surface area (Å²) < 4.78 is 6.92. The van der Waals surface area contributed by atoms with Gasteiger partial charge in [0, 0.05) is 18.7 Å². The third-order valence-corrected chi connectivity index (χ3v) is 5.41. The van der Waals surface area contributed by atoms with E-state index in [-0.39, 0.29) is 0 Å². The molecule has 0 atom stereocenters. The third-order valence-electron chi connectivity index (χ3n) is 4.84. The summed E-state index contributed by atoms with van der Waals surface area (Å²) in [6.07, 6.45) is 11.8. The first-order valence-electron chi connectivity index (χ1n) is 9.24. The highest BCUT2D eigenvalue weighted by atomic mass is 35.5. The highest BCUT2D eigenvalue weighted by molar-refractivity contribution is 6.37. The summed E-state index contributed by atoms with van der Waals surface area (Å²) in [5, 5.41) is 4.30. The summed E-state index contributed by atoms with van der Waals surface area (Å²) >= 11 is 12.6. The van der Waals surface area contributed by atoms with Crippen molar-refractivity contribution in [2.24, 2.45) is 0 Å². The van der Waals surface area contributed by atoms with Crippen molar-refractivity contribution in [1.29, 1.82) is 0 Å². The molecule has 1 aromatic rings. The SMILES string of the molecule is C#CC[N+]1(CCCOc2c(Cl)cc(NCC)cc2Cl)CCCCCC1. The second kappa shape index (κ2) is 10.2. The molecule has 138 valence electrons. The molecule has 2 rings (SSSR count). The maximum absolute atomic E-state index is 6.32. The van der Waals surface area contributed by atoms with Crippen molar-refractivity contribution in [3.8, 4) is 18.1 Å². The standard InChI is InChI=1S/C20H29Cl2N2O/c1-3-10-24(11-7-5-6-8-12-24)13-9-14-25-20-18(21)15-17(23-4-2)16-19(20)22/h1,15-16,23H,4-14H2,2H3/q+1. The topological polar surface area (TPSA) is 21.3 Å². The molecule has 0 aromatic heterocycles. The second-order valence-corrected chi connectivity index (χ2v) is 7.60. The predicted octanol–water partition coefficient (Wildman–Crippen LogP) is 5.22. The van der Waals surface area contributed by atoms with Crippen molar-refractivity contribution in [3.63, 3.8) is 0 Å². The molecule has 5 heteroatoms. The van der Waals surface area contributed by atoms with Crippen molar-refractivity contribution in [2.75, 3.05) is 44.6 Å². The molecule has 3 nitrogen and oxygen atoms in total. The van der Waals surface area contributed by atoms with E-state index < -0.39 is 0 Å². The maximum Gasteiger partial charge on any atom is 0.156 e. The highest BCUT2D eigenvalue weighted by Crippen LogP contribution is 2.36. The smallest absolute Gasteiger partial charge is 0.156 e. The Hall–Kier alpha value is -1.08. The van der Waals surface area contributed by atoms with E-state index in [1.807, 2.05) is 19.1 Å². The molecular weight excluding hydrogens is 355 g/mol. The molecule has 0 aliphatic carbocycles. The van der Waals surface area contributed by atoms with Gasteiger partial charge < -0.3 is 14.5 Å². The van der Waals surface area contributed by atoms with Crippen LogP contribution in [0.4, 0.5) is 5.69 Å². The normalized spacial score (nSPS) is 16.7. The first-order chi connectivity index (χ1) is 12.1. The summed E-state index contributed by atoms with van der Waals surface area (Å²) in [5.74, 6) is 3.46. The Morgan fingerprint density at radius 1 is 1.16 bits per heavy atom. The lowest BCUT2D eigenvalue weighted by Gasteiger charge is -2.36. The molecule has 1 fully saturated rings. The van der Waals surface area contributed by atoms with Gasteiger partial charge in [0.05, 0.1) is 36.3 Å². The minimum atomic E-state index is 0.547. The lowest BCUT2D eigenvalue weighted by molar-refractivity contribution is -0.921. The van der Waals surface area contributed by atoms with Crippen LogP contribution in [0.25, 0.3) is 0 Å². The Morgan fingerprint density at radius 3 is 2.36 bits per heavy atom. The molecule has 0 saturated carbocycles. The summed E-state index contributed by atoms with van der Waals surface area (Å²) in [6, 6.07) is 3.71. The number of anilines is 1. The molecule has 0 amide bonds.